The third-order valence-electron chi connectivity index (χ3n) is 1.32. The van der Waals surface area contributed by atoms with Gasteiger partial charge in [0.1, 0.15) is 12.4 Å². The van der Waals surface area contributed by atoms with E-state index >= 15 is 0 Å². The van der Waals surface area contributed by atoms with Gasteiger partial charge in [-0.05, 0) is 6.92 Å². The zero-order valence-electron chi connectivity index (χ0n) is 7.39. The monoisotopic (exact) mass is 208 g/mol. The molecule has 0 saturated carbocycles. The predicted octanol–water partition coefficient (Wildman–Crippen LogP) is -0.365. The molecule has 1 rings (SSSR count). The SMILES string of the molecule is CC[n+]1cc[nH]c1C.O=S(=O)([O-])O. The van der Waals surface area contributed by atoms with Crippen molar-refractivity contribution in [3.8, 4) is 0 Å². The number of aryl methyl sites for hydroxylation is 2. The van der Waals surface area contributed by atoms with Gasteiger partial charge in [0.2, 0.25) is 10.4 Å². The summed E-state index contributed by atoms with van der Waals surface area (Å²) >= 11 is 0. The minimum Gasteiger partial charge on any atom is -0.726 e. The fourth-order valence-electron chi connectivity index (χ4n) is 0.785. The van der Waals surface area contributed by atoms with Crippen molar-refractivity contribution in [1.29, 1.82) is 0 Å². The standard InChI is InChI=1S/C6H10N2.H2O4S/c1-3-8-5-4-7-6(8)2;1-5(2,3)4/h4-5H,3H2,1-2H3;(H2,1,2,3,4). The lowest BCUT2D eigenvalue weighted by Crippen LogP contribution is -2.32. The number of hydrogen-bond acceptors (Lipinski definition) is 3. The van der Waals surface area contributed by atoms with E-state index < -0.39 is 10.4 Å². The van der Waals surface area contributed by atoms with E-state index in [1.54, 1.807) is 0 Å². The van der Waals surface area contributed by atoms with Crippen molar-refractivity contribution in [2.75, 3.05) is 0 Å². The fourth-order valence-corrected chi connectivity index (χ4v) is 0.785. The van der Waals surface area contributed by atoms with Crippen molar-refractivity contribution >= 4 is 10.4 Å². The molecule has 0 amide bonds. The van der Waals surface area contributed by atoms with Crippen LogP contribution in [-0.2, 0) is 16.9 Å². The molecule has 0 radical (unpaired) electrons. The first-order chi connectivity index (χ1) is 5.84. The van der Waals surface area contributed by atoms with Crippen LogP contribution in [0.4, 0.5) is 0 Å². The molecule has 0 atom stereocenters. The van der Waals surface area contributed by atoms with Gasteiger partial charge >= 0.3 is 0 Å². The Morgan fingerprint density at radius 1 is 1.69 bits per heavy atom. The lowest BCUT2D eigenvalue weighted by atomic mass is 10.6. The number of H-pyrrole nitrogens is 1. The zero-order valence-corrected chi connectivity index (χ0v) is 8.21. The molecule has 1 heterocycles. The van der Waals surface area contributed by atoms with E-state index in [0.717, 1.165) is 6.54 Å². The van der Waals surface area contributed by atoms with E-state index in [9.17, 15) is 0 Å². The number of aromatic amines is 1. The molecule has 0 aromatic carbocycles. The summed E-state index contributed by atoms with van der Waals surface area (Å²) in [5, 5.41) is 0. The van der Waals surface area contributed by atoms with Crippen molar-refractivity contribution in [1.82, 2.24) is 4.98 Å². The van der Waals surface area contributed by atoms with Gasteiger partial charge in [-0.25, -0.2) is 18.0 Å². The number of nitrogens with one attached hydrogen (secondary N) is 1. The van der Waals surface area contributed by atoms with Crippen molar-refractivity contribution in [2.24, 2.45) is 0 Å². The second-order valence-electron chi connectivity index (χ2n) is 2.26. The van der Waals surface area contributed by atoms with Crippen molar-refractivity contribution in [3.63, 3.8) is 0 Å². The quantitative estimate of drug-likeness (QED) is 0.374. The van der Waals surface area contributed by atoms with E-state index in [1.165, 1.54) is 5.82 Å². The minimum atomic E-state index is -4.92. The lowest BCUT2D eigenvalue weighted by Gasteiger charge is -1.88. The number of imidazole rings is 1. The summed E-state index contributed by atoms with van der Waals surface area (Å²) in [5.41, 5.74) is 0. The van der Waals surface area contributed by atoms with Crippen molar-refractivity contribution in [2.45, 2.75) is 20.4 Å². The second kappa shape index (κ2) is 4.95. The molecule has 0 aliphatic rings. The highest BCUT2D eigenvalue weighted by molar-refractivity contribution is 7.79. The molecule has 0 aliphatic carbocycles. The van der Waals surface area contributed by atoms with E-state index in [2.05, 4.69) is 23.4 Å². The van der Waals surface area contributed by atoms with Gasteiger partial charge in [0.05, 0.1) is 6.54 Å². The lowest BCUT2D eigenvalue weighted by molar-refractivity contribution is -0.698. The van der Waals surface area contributed by atoms with Crippen LogP contribution in [0.5, 0.6) is 0 Å². The molecule has 2 N–H and O–H groups in total. The molecule has 0 fully saturated rings. The van der Waals surface area contributed by atoms with Gasteiger partial charge in [-0.1, -0.05) is 0 Å². The van der Waals surface area contributed by atoms with Crippen molar-refractivity contribution in [3.05, 3.63) is 18.2 Å². The number of aromatic nitrogens is 2. The Bertz CT molecular complexity index is 335. The summed E-state index contributed by atoms with van der Waals surface area (Å²) in [6.07, 6.45) is 3.98. The molecule has 0 aliphatic heterocycles. The maximum atomic E-state index is 8.63. The van der Waals surface area contributed by atoms with Crippen LogP contribution < -0.4 is 4.57 Å². The first kappa shape index (κ1) is 12.1. The second-order valence-corrected chi connectivity index (χ2v) is 3.11. The zero-order chi connectivity index (χ0) is 10.5. The summed E-state index contributed by atoms with van der Waals surface area (Å²) < 4.78 is 35.0. The molecule has 0 unspecified atom stereocenters. The molecule has 76 valence electrons. The predicted molar refractivity (Wildman–Crippen MR) is 43.7 cm³/mol. The van der Waals surface area contributed by atoms with E-state index in [-0.39, 0.29) is 0 Å². The van der Waals surface area contributed by atoms with Crippen LogP contribution in [-0.4, -0.2) is 22.5 Å². The Balaban J connectivity index is 0.000000252. The summed E-state index contributed by atoms with van der Waals surface area (Å²) in [6.45, 7) is 5.24. The van der Waals surface area contributed by atoms with Gasteiger partial charge in [-0.2, -0.15) is 0 Å². The Kier molecular flexibility index (Phi) is 4.60. The highest BCUT2D eigenvalue weighted by Gasteiger charge is 1.97. The van der Waals surface area contributed by atoms with Crippen molar-refractivity contribution < 1.29 is 22.1 Å². The molecule has 0 bridgehead atoms. The normalized spacial score (nSPS) is 10.5. The van der Waals surface area contributed by atoms with Crippen LogP contribution in [0.25, 0.3) is 0 Å². The summed E-state index contributed by atoms with van der Waals surface area (Å²) in [6, 6.07) is 0. The summed E-state index contributed by atoms with van der Waals surface area (Å²) in [5.74, 6) is 1.22. The molecule has 6 nitrogen and oxygen atoms in total. The highest BCUT2D eigenvalue weighted by Crippen LogP contribution is 1.78. The van der Waals surface area contributed by atoms with Crippen LogP contribution in [0.15, 0.2) is 12.4 Å². The Morgan fingerprint density at radius 3 is 2.31 bits per heavy atom. The van der Waals surface area contributed by atoms with E-state index in [1.807, 2.05) is 12.4 Å². The summed E-state index contributed by atoms with van der Waals surface area (Å²) in [4.78, 5) is 3.08. The third-order valence-corrected chi connectivity index (χ3v) is 1.32. The Morgan fingerprint density at radius 2 is 2.15 bits per heavy atom. The number of nitrogens with zero attached hydrogens (tertiary/aromatic N) is 1. The highest BCUT2D eigenvalue weighted by atomic mass is 32.3. The topological polar surface area (TPSA) is 97.1 Å². The Labute approximate surface area is 76.8 Å². The van der Waals surface area contributed by atoms with Crippen LogP contribution in [0.3, 0.4) is 0 Å². The molecule has 13 heavy (non-hydrogen) atoms. The number of hydrogen-bond donors (Lipinski definition) is 2. The van der Waals surface area contributed by atoms with Gasteiger partial charge in [0.25, 0.3) is 5.82 Å². The van der Waals surface area contributed by atoms with Gasteiger partial charge in [0, 0.05) is 6.92 Å². The van der Waals surface area contributed by atoms with Gasteiger partial charge < -0.3 is 4.55 Å². The average Bonchev–Trinajstić information content (AvgIpc) is 2.31. The van der Waals surface area contributed by atoms with Gasteiger partial charge in [-0.3, -0.25) is 4.55 Å². The average molecular weight is 208 g/mol. The van der Waals surface area contributed by atoms with Crippen LogP contribution in [0.1, 0.15) is 12.7 Å². The first-order valence-electron chi connectivity index (χ1n) is 3.56. The third kappa shape index (κ3) is 7.44. The number of rotatable bonds is 1. The maximum absolute atomic E-state index is 8.63. The van der Waals surface area contributed by atoms with E-state index in [4.69, 9.17) is 17.5 Å². The van der Waals surface area contributed by atoms with Gasteiger partial charge in [-0.15, -0.1) is 0 Å². The molecule has 0 saturated heterocycles. The van der Waals surface area contributed by atoms with Crippen LogP contribution in [0.2, 0.25) is 0 Å². The van der Waals surface area contributed by atoms with Crippen LogP contribution in [0, 0.1) is 6.92 Å². The molecular formula is C6H12N2O4S. The molecule has 7 heteroatoms. The molecular weight excluding hydrogens is 196 g/mol. The fraction of sp³-hybridized carbons (Fsp3) is 0.500. The molecule has 1 aromatic rings. The maximum Gasteiger partial charge on any atom is 0.250 e. The van der Waals surface area contributed by atoms with Gasteiger partial charge in [0.15, 0.2) is 0 Å². The minimum absolute atomic E-state index is 1.05. The Hall–Kier alpha value is -0.920. The largest absolute Gasteiger partial charge is 0.726 e. The summed E-state index contributed by atoms with van der Waals surface area (Å²) in [7, 11) is -4.92. The van der Waals surface area contributed by atoms with E-state index in [0.29, 0.717) is 0 Å². The molecule has 0 spiro atoms. The van der Waals surface area contributed by atoms with Crippen LogP contribution >= 0.6 is 0 Å². The molecule has 1 aromatic heterocycles. The first-order valence-corrected chi connectivity index (χ1v) is 4.92. The smallest absolute Gasteiger partial charge is 0.250 e.